The van der Waals surface area contributed by atoms with Gasteiger partial charge in [0.2, 0.25) is 0 Å². The zero-order chi connectivity index (χ0) is 65.2. The first-order valence-electron chi connectivity index (χ1n) is 31.1. The fraction of sp³-hybridized carbons (Fsp3) is 0.395. The largest absolute Gasteiger partial charge is 0.457 e. The van der Waals surface area contributed by atoms with Crippen LogP contribution in [0, 0.1) is 40.4 Å². The van der Waals surface area contributed by atoms with E-state index in [0.717, 1.165) is 66.7 Å². The van der Waals surface area contributed by atoms with Crippen molar-refractivity contribution in [2.24, 2.45) is 17.8 Å². The Morgan fingerprint density at radius 2 is 0.833 bits per heavy atom. The van der Waals surface area contributed by atoms with Crippen LogP contribution in [0.3, 0.4) is 0 Å². The number of carbonyl (C=O) groups is 3. The summed E-state index contributed by atoms with van der Waals surface area (Å²) in [6, 6.07) is 47.8. The van der Waals surface area contributed by atoms with E-state index >= 15 is 0 Å². The molecular weight excluding hydrogens is 1160 g/mol. The number of nitriles is 2. The predicted molar refractivity (Wildman–Crippen MR) is 360 cm³/mol. The van der Waals surface area contributed by atoms with Crippen molar-refractivity contribution in [2.75, 3.05) is 0 Å². The SMILES string of the molecule is CC1(C)CC(CC(=O)c2ccc(Oc3cccc(-c4ccncc4)c3C#N)c(Cl)c2)CC(C)(C)N1.CC1(C)CC(CC(=O)c2ccc(Oc3ccccc3)cc2)CC(C)(C)N1.CC1(C)CC(CC(=O)c2ccc(Oc3ccccc3C#N)c(Cl)c2)CC(C)(C)N1. The molecular formula is C76H86Cl2N6O6. The van der Waals surface area contributed by atoms with Crippen molar-refractivity contribution in [3.8, 4) is 57.8 Å². The molecule has 0 atom stereocenters. The molecule has 0 saturated carbocycles. The van der Waals surface area contributed by atoms with Crippen LogP contribution in [0.25, 0.3) is 11.1 Å². The first-order chi connectivity index (χ1) is 42.4. The molecule has 3 aliphatic heterocycles. The van der Waals surface area contributed by atoms with Crippen LogP contribution < -0.4 is 30.2 Å². The van der Waals surface area contributed by atoms with Crippen LogP contribution in [0.15, 0.2) is 158 Å². The van der Waals surface area contributed by atoms with Gasteiger partial charge in [-0.1, -0.05) is 65.7 Å². The minimum absolute atomic E-state index is 0.00864. The van der Waals surface area contributed by atoms with Gasteiger partial charge < -0.3 is 30.2 Å². The fourth-order valence-corrected chi connectivity index (χ4v) is 14.8. The number of carbonyl (C=O) groups excluding carboxylic acids is 3. The van der Waals surface area contributed by atoms with Gasteiger partial charge in [-0.25, -0.2) is 0 Å². The Hall–Kier alpha value is -7.68. The van der Waals surface area contributed by atoms with Crippen molar-refractivity contribution in [1.82, 2.24) is 20.9 Å². The number of aromatic nitrogens is 1. The zero-order valence-electron chi connectivity index (χ0n) is 54.2. The van der Waals surface area contributed by atoms with E-state index < -0.39 is 0 Å². The average molecular weight is 1250 g/mol. The minimum atomic E-state index is -0.00864. The summed E-state index contributed by atoms with van der Waals surface area (Å²) < 4.78 is 17.6. The van der Waals surface area contributed by atoms with Gasteiger partial charge in [0.1, 0.15) is 52.2 Å². The zero-order valence-corrected chi connectivity index (χ0v) is 55.7. The van der Waals surface area contributed by atoms with Crippen LogP contribution in [0.5, 0.6) is 34.5 Å². The quantitative estimate of drug-likeness (QED) is 0.0782. The highest BCUT2D eigenvalue weighted by molar-refractivity contribution is 6.33. The van der Waals surface area contributed by atoms with Gasteiger partial charge in [0.25, 0.3) is 0 Å². The summed E-state index contributed by atoms with van der Waals surface area (Å²) in [6.07, 6.45) is 10.8. The van der Waals surface area contributed by atoms with Crippen molar-refractivity contribution >= 4 is 40.6 Å². The maximum absolute atomic E-state index is 13.1. The number of nitrogens with one attached hydrogen (secondary N) is 3. The predicted octanol–water partition coefficient (Wildman–Crippen LogP) is 18.9. The summed E-state index contributed by atoms with van der Waals surface area (Å²) in [5.41, 5.74) is 4.53. The highest BCUT2D eigenvalue weighted by Gasteiger charge is 2.41. The van der Waals surface area contributed by atoms with Crippen molar-refractivity contribution in [2.45, 2.75) is 174 Å². The number of halogens is 2. The first kappa shape index (κ1) is 68.2. The number of nitrogens with zero attached hydrogens (tertiary/aromatic N) is 3. The van der Waals surface area contributed by atoms with E-state index in [9.17, 15) is 24.9 Å². The molecule has 1 aromatic heterocycles. The second-order valence-corrected chi connectivity index (χ2v) is 29.3. The van der Waals surface area contributed by atoms with Crippen LogP contribution in [-0.2, 0) is 0 Å². The van der Waals surface area contributed by atoms with Crippen LogP contribution in [0.4, 0.5) is 0 Å². The number of benzene rings is 6. The highest BCUT2D eigenvalue weighted by atomic mass is 35.5. The highest BCUT2D eigenvalue weighted by Crippen LogP contribution is 2.41. The Morgan fingerprint density at radius 3 is 1.27 bits per heavy atom. The molecule has 0 amide bonds. The molecule has 0 unspecified atom stereocenters. The van der Waals surface area contributed by atoms with E-state index in [4.69, 9.17) is 37.4 Å². The summed E-state index contributed by atoms with van der Waals surface area (Å²) in [5, 5.41) is 30.7. The van der Waals surface area contributed by atoms with Gasteiger partial charge in [-0.2, -0.15) is 10.5 Å². The lowest BCUT2D eigenvalue weighted by atomic mass is 9.74. The number of hydrogen-bond acceptors (Lipinski definition) is 12. The van der Waals surface area contributed by atoms with Gasteiger partial charge in [-0.05, 0) is 248 Å². The molecule has 0 spiro atoms. The second-order valence-electron chi connectivity index (χ2n) is 28.5. The molecule has 3 N–H and O–H groups in total. The first-order valence-corrected chi connectivity index (χ1v) is 31.8. The Morgan fingerprint density at radius 1 is 0.444 bits per heavy atom. The van der Waals surface area contributed by atoms with E-state index in [2.05, 4.69) is 116 Å². The summed E-state index contributed by atoms with van der Waals surface area (Å²) in [7, 11) is 0. The van der Waals surface area contributed by atoms with Gasteiger partial charge in [-0.15, -0.1) is 0 Å². The van der Waals surface area contributed by atoms with Gasteiger partial charge in [0.15, 0.2) is 17.3 Å². The molecule has 0 bridgehead atoms. The average Bonchev–Trinajstić information content (AvgIpc) is 1.15. The number of Topliss-reactive ketones (excluding diaryl/α,β-unsaturated/α-hetero) is 3. The summed E-state index contributed by atoms with van der Waals surface area (Å²) in [6.45, 7) is 26.4. The smallest absolute Gasteiger partial charge is 0.163 e. The van der Waals surface area contributed by atoms with Gasteiger partial charge in [0, 0.05) is 87.1 Å². The lowest BCUT2D eigenvalue weighted by Crippen LogP contribution is -2.58. The third-order valence-corrected chi connectivity index (χ3v) is 17.1. The third-order valence-electron chi connectivity index (χ3n) is 16.5. The fourth-order valence-electron chi connectivity index (χ4n) is 14.4. The maximum Gasteiger partial charge on any atom is 0.163 e. The van der Waals surface area contributed by atoms with E-state index in [1.54, 1.807) is 79.1 Å². The number of ether oxygens (including phenoxy) is 3. The number of pyridine rings is 1. The molecule has 90 heavy (non-hydrogen) atoms. The molecule has 6 aromatic carbocycles. The maximum atomic E-state index is 13.1. The summed E-state index contributed by atoms with van der Waals surface area (Å²) >= 11 is 12.9. The van der Waals surface area contributed by atoms with Crippen molar-refractivity contribution in [1.29, 1.82) is 10.5 Å². The van der Waals surface area contributed by atoms with Gasteiger partial charge >= 0.3 is 0 Å². The molecule has 3 fully saturated rings. The number of hydrogen-bond donors (Lipinski definition) is 3. The minimum Gasteiger partial charge on any atom is -0.457 e. The number of rotatable bonds is 16. The van der Waals surface area contributed by atoms with E-state index in [1.165, 1.54) is 0 Å². The van der Waals surface area contributed by atoms with Gasteiger partial charge in [0.05, 0.1) is 15.6 Å². The van der Waals surface area contributed by atoms with Crippen molar-refractivity contribution in [3.63, 3.8) is 0 Å². The monoisotopic (exact) mass is 1250 g/mol. The molecule has 470 valence electrons. The molecule has 7 aromatic rings. The lowest BCUT2D eigenvalue weighted by molar-refractivity contribution is 0.0852. The van der Waals surface area contributed by atoms with Crippen LogP contribution in [0.2, 0.25) is 10.0 Å². The number of piperidine rings is 3. The summed E-state index contributed by atoms with van der Waals surface area (Å²) in [4.78, 5) is 42.8. The van der Waals surface area contributed by atoms with Crippen molar-refractivity contribution in [3.05, 3.63) is 196 Å². The Bertz CT molecular complexity index is 3710. The van der Waals surface area contributed by atoms with Crippen LogP contribution >= 0.6 is 23.2 Å². The van der Waals surface area contributed by atoms with Crippen LogP contribution in [0.1, 0.15) is 183 Å². The molecule has 0 radical (unpaired) electrons. The third kappa shape index (κ3) is 19.4. The number of ketones is 3. The normalized spacial score (nSPS) is 17.9. The molecule has 3 aliphatic rings. The Balaban J connectivity index is 0.000000176. The van der Waals surface area contributed by atoms with Crippen LogP contribution in [-0.4, -0.2) is 55.6 Å². The topological polar surface area (TPSA) is 175 Å². The molecule has 12 nitrogen and oxygen atoms in total. The van der Waals surface area contributed by atoms with E-state index in [0.29, 0.717) is 92.3 Å². The van der Waals surface area contributed by atoms with E-state index in [-0.39, 0.29) is 50.6 Å². The second kappa shape index (κ2) is 28.6. The van der Waals surface area contributed by atoms with Gasteiger partial charge in [-0.3, -0.25) is 19.4 Å². The lowest BCUT2D eigenvalue weighted by Gasteiger charge is -2.46. The molecule has 14 heteroatoms. The Labute approximate surface area is 543 Å². The summed E-state index contributed by atoms with van der Waals surface area (Å²) in [5.74, 6) is 4.64. The molecule has 10 rings (SSSR count). The standard InChI is InChI=1S/C29H30ClN3O2.C24H27ClN2O2.C23H29NO2/c1-28(2)16-19(17-29(3,4)33-28)14-25(34)21-8-9-27(24(30)15-21)35-26-7-5-6-22(23(26)18-31)20-10-12-32-13-11-20;1-23(2)13-16(14-24(3,4)27-23)11-20(28)17-9-10-22(19(25)12-17)29-21-8-6-5-7-18(21)15-26;1-22(2)15-17(16-23(3,4)24-22)14-21(25)18-10-12-20(13-11-18)26-19-8-6-5-7-9-19/h5-13,15,19,33H,14,16-17H2,1-4H3;5-10,12,16,27H,11,13-14H2,1-4H3;5-13,17,24H,14-16H2,1-4H3. The molecule has 3 saturated heterocycles. The molecule has 0 aliphatic carbocycles. The Kier molecular flexibility index (Phi) is 21.7. The van der Waals surface area contributed by atoms with Crippen molar-refractivity contribution < 1.29 is 28.6 Å². The van der Waals surface area contributed by atoms with E-state index in [1.807, 2.05) is 78.9 Å². The number of para-hydroxylation sites is 2. The molecule has 4 heterocycles.